The van der Waals surface area contributed by atoms with Crippen LogP contribution in [0.5, 0.6) is 0 Å². The van der Waals surface area contributed by atoms with Gasteiger partial charge in [0, 0.05) is 0 Å². The highest BCUT2D eigenvalue weighted by molar-refractivity contribution is 7.22. The lowest BCUT2D eigenvalue weighted by molar-refractivity contribution is 0.0605. The van der Waals surface area contributed by atoms with Crippen molar-refractivity contribution in [1.82, 2.24) is 4.98 Å². The van der Waals surface area contributed by atoms with Crippen LogP contribution in [0.25, 0.3) is 9.88 Å². The van der Waals surface area contributed by atoms with Crippen LogP contribution in [0.4, 0.5) is 0 Å². The van der Waals surface area contributed by atoms with Gasteiger partial charge in [0.15, 0.2) is 0 Å². The molecule has 0 spiro atoms. The van der Waals surface area contributed by atoms with Crippen LogP contribution in [-0.2, 0) is 4.74 Å². The number of aromatic nitrogens is 1. The van der Waals surface area contributed by atoms with Gasteiger partial charge >= 0.3 is 5.97 Å². The molecule has 15 heavy (non-hydrogen) atoms. The molecule has 0 saturated carbocycles. The summed E-state index contributed by atoms with van der Waals surface area (Å²) in [4.78, 5) is 17.4. The highest BCUT2D eigenvalue weighted by Gasteiger charge is 2.16. The van der Waals surface area contributed by atoms with E-state index < -0.39 is 0 Å². The molecule has 2 aromatic heterocycles. The van der Waals surface area contributed by atoms with E-state index in [-0.39, 0.29) is 5.97 Å². The molecular weight excluding hydrogens is 230 g/mol. The van der Waals surface area contributed by atoms with E-state index in [2.05, 4.69) is 9.72 Å². The Labute approximate surface area is 95.4 Å². The van der Waals surface area contributed by atoms with Crippen molar-refractivity contribution in [3.05, 3.63) is 28.1 Å². The van der Waals surface area contributed by atoms with Gasteiger partial charge in [0.25, 0.3) is 0 Å². The number of thiazole rings is 1. The minimum absolute atomic E-state index is 0.312. The molecular formula is C10H9NO2S2. The maximum atomic E-state index is 11.4. The van der Waals surface area contributed by atoms with E-state index in [4.69, 9.17) is 0 Å². The lowest BCUT2D eigenvalue weighted by Crippen LogP contribution is -1.99. The van der Waals surface area contributed by atoms with E-state index in [0.29, 0.717) is 4.88 Å². The molecule has 0 aliphatic rings. The normalized spacial score (nSPS) is 10.3. The Morgan fingerprint density at radius 2 is 2.33 bits per heavy atom. The topological polar surface area (TPSA) is 39.2 Å². The molecule has 0 bridgehead atoms. The van der Waals surface area contributed by atoms with Crippen LogP contribution in [0, 0.1) is 6.92 Å². The average molecular weight is 239 g/mol. The predicted octanol–water partition coefficient (Wildman–Crippen LogP) is 2.97. The molecule has 0 fully saturated rings. The molecule has 0 radical (unpaired) electrons. The monoisotopic (exact) mass is 239 g/mol. The first kappa shape index (κ1) is 10.3. The summed E-state index contributed by atoms with van der Waals surface area (Å²) in [5, 5.41) is 2.87. The Balaban J connectivity index is 2.41. The van der Waals surface area contributed by atoms with Crippen molar-refractivity contribution in [2.75, 3.05) is 7.11 Å². The van der Waals surface area contributed by atoms with Crippen LogP contribution >= 0.6 is 22.7 Å². The summed E-state index contributed by atoms with van der Waals surface area (Å²) < 4.78 is 4.68. The third-order valence-electron chi connectivity index (χ3n) is 1.90. The fraction of sp³-hybridized carbons (Fsp3) is 0.200. The van der Waals surface area contributed by atoms with E-state index in [1.54, 1.807) is 11.3 Å². The van der Waals surface area contributed by atoms with Crippen LogP contribution < -0.4 is 0 Å². The van der Waals surface area contributed by atoms with Gasteiger partial charge in [0.05, 0.1) is 17.7 Å². The quantitative estimate of drug-likeness (QED) is 0.756. The molecule has 0 unspecified atom stereocenters. The smallest absolute Gasteiger partial charge is 0.349 e. The lowest BCUT2D eigenvalue weighted by atomic mass is 10.4. The van der Waals surface area contributed by atoms with E-state index in [9.17, 15) is 4.79 Å². The van der Waals surface area contributed by atoms with Gasteiger partial charge in [-0.25, -0.2) is 9.78 Å². The molecule has 0 saturated heterocycles. The fourth-order valence-corrected chi connectivity index (χ4v) is 2.97. The molecule has 0 aliphatic carbocycles. The van der Waals surface area contributed by atoms with E-state index in [1.165, 1.54) is 18.4 Å². The second-order valence-electron chi connectivity index (χ2n) is 2.90. The van der Waals surface area contributed by atoms with E-state index in [1.807, 2.05) is 24.4 Å². The predicted molar refractivity (Wildman–Crippen MR) is 61.5 cm³/mol. The summed E-state index contributed by atoms with van der Waals surface area (Å²) in [6, 6.07) is 3.96. The highest BCUT2D eigenvalue weighted by atomic mass is 32.1. The van der Waals surface area contributed by atoms with Gasteiger partial charge in [0.1, 0.15) is 9.88 Å². The Morgan fingerprint density at radius 1 is 1.53 bits per heavy atom. The SMILES string of the molecule is COC(=O)c1sc(-c2cccs2)nc1C. The number of rotatable bonds is 2. The standard InChI is InChI=1S/C10H9NO2S2/c1-6-8(10(12)13-2)15-9(11-6)7-4-3-5-14-7/h3-5H,1-2H3. The largest absolute Gasteiger partial charge is 0.465 e. The summed E-state index contributed by atoms with van der Waals surface area (Å²) in [6.45, 7) is 1.82. The molecule has 2 heterocycles. The van der Waals surface area contributed by atoms with Crippen molar-refractivity contribution in [3.63, 3.8) is 0 Å². The Morgan fingerprint density at radius 3 is 2.93 bits per heavy atom. The van der Waals surface area contributed by atoms with Crippen molar-refractivity contribution in [1.29, 1.82) is 0 Å². The molecule has 0 atom stereocenters. The Bertz CT molecular complexity index is 474. The van der Waals surface area contributed by atoms with Gasteiger partial charge in [0.2, 0.25) is 0 Å². The summed E-state index contributed by atoms with van der Waals surface area (Å²) in [7, 11) is 1.38. The number of thiophene rings is 1. The number of hydrogen-bond acceptors (Lipinski definition) is 5. The molecule has 5 heteroatoms. The summed E-state index contributed by atoms with van der Waals surface area (Å²) in [6.07, 6.45) is 0. The van der Waals surface area contributed by atoms with Crippen LogP contribution in [0.15, 0.2) is 17.5 Å². The Hall–Kier alpha value is -1.20. The van der Waals surface area contributed by atoms with Crippen LogP contribution in [0.1, 0.15) is 15.4 Å². The van der Waals surface area contributed by atoms with Gasteiger partial charge in [-0.2, -0.15) is 0 Å². The van der Waals surface area contributed by atoms with Gasteiger partial charge < -0.3 is 4.74 Å². The summed E-state index contributed by atoms with van der Waals surface area (Å²) >= 11 is 2.99. The molecule has 78 valence electrons. The number of ether oxygens (including phenoxy) is 1. The Kier molecular flexibility index (Phi) is 2.83. The van der Waals surface area contributed by atoms with Crippen molar-refractivity contribution >= 4 is 28.6 Å². The zero-order valence-electron chi connectivity index (χ0n) is 8.31. The fourth-order valence-electron chi connectivity index (χ4n) is 1.18. The second kappa shape index (κ2) is 4.12. The number of nitrogens with zero attached hydrogens (tertiary/aromatic N) is 1. The van der Waals surface area contributed by atoms with Crippen LogP contribution in [0.3, 0.4) is 0 Å². The molecule has 0 amide bonds. The number of aryl methyl sites for hydroxylation is 1. The number of hydrogen-bond donors (Lipinski definition) is 0. The zero-order valence-corrected chi connectivity index (χ0v) is 9.95. The number of carbonyl (C=O) groups is 1. The number of carbonyl (C=O) groups excluding carboxylic acids is 1. The summed E-state index contributed by atoms with van der Waals surface area (Å²) in [5.41, 5.74) is 0.732. The van der Waals surface area contributed by atoms with Crippen molar-refractivity contribution in [3.8, 4) is 9.88 Å². The highest BCUT2D eigenvalue weighted by Crippen LogP contribution is 2.31. The maximum absolute atomic E-state index is 11.4. The molecule has 2 aromatic rings. The van der Waals surface area contributed by atoms with Gasteiger partial charge in [-0.05, 0) is 18.4 Å². The minimum Gasteiger partial charge on any atom is -0.465 e. The number of esters is 1. The number of methoxy groups -OCH3 is 1. The summed E-state index contributed by atoms with van der Waals surface area (Å²) in [5.74, 6) is -0.312. The first-order chi connectivity index (χ1) is 7.22. The first-order valence-corrected chi connectivity index (χ1v) is 6.01. The third kappa shape index (κ3) is 1.93. The molecule has 0 aliphatic heterocycles. The van der Waals surface area contributed by atoms with Crippen molar-refractivity contribution < 1.29 is 9.53 Å². The molecule has 2 rings (SSSR count). The van der Waals surface area contributed by atoms with Crippen molar-refractivity contribution in [2.45, 2.75) is 6.92 Å². The van der Waals surface area contributed by atoms with Gasteiger partial charge in [-0.15, -0.1) is 22.7 Å². The minimum atomic E-state index is -0.312. The molecule has 0 aromatic carbocycles. The molecule has 3 nitrogen and oxygen atoms in total. The van der Waals surface area contributed by atoms with E-state index >= 15 is 0 Å². The lowest BCUT2D eigenvalue weighted by Gasteiger charge is -1.93. The molecule has 0 N–H and O–H groups in total. The van der Waals surface area contributed by atoms with Crippen molar-refractivity contribution in [2.24, 2.45) is 0 Å². The van der Waals surface area contributed by atoms with E-state index in [0.717, 1.165) is 15.6 Å². The van der Waals surface area contributed by atoms with Crippen LogP contribution in [-0.4, -0.2) is 18.1 Å². The van der Waals surface area contributed by atoms with Crippen LogP contribution in [0.2, 0.25) is 0 Å². The average Bonchev–Trinajstić information content (AvgIpc) is 2.84. The first-order valence-electron chi connectivity index (χ1n) is 4.32. The second-order valence-corrected chi connectivity index (χ2v) is 4.85. The third-order valence-corrected chi connectivity index (χ3v) is 4.08. The van der Waals surface area contributed by atoms with Gasteiger partial charge in [-0.3, -0.25) is 0 Å². The van der Waals surface area contributed by atoms with Gasteiger partial charge in [-0.1, -0.05) is 6.07 Å². The zero-order chi connectivity index (χ0) is 10.8. The maximum Gasteiger partial charge on any atom is 0.349 e.